The van der Waals surface area contributed by atoms with Crippen molar-refractivity contribution in [2.75, 3.05) is 19.5 Å². The molecule has 1 atom stereocenters. The second-order valence-electron chi connectivity index (χ2n) is 5.34. The summed E-state index contributed by atoms with van der Waals surface area (Å²) in [5.41, 5.74) is 3.72. The maximum absolute atomic E-state index is 9.26. The van der Waals surface area contributed by atoms with E-state index >= 15 is 0 Å². The Morgan fingerprint density at radius 2 is 1.96 bits per heavy atom. The van der Waals surface area contributed by atoms with Crippen LogP contribution in [0, 0.1) is 0 Å². The molecule has 0 fully saturated rings. The van der Waals surface area contributed by atoms with Crippen LogP contribution >= 0.6 is 11.6 Å². The maximum atomic E-state index is 9.26. The van der Waals surface area contributed by atoms with Gasteiger partial charge < -0.3 is 19.9 Å². The number of halogens is 1. The average molecular weight is 336 g/mol. The van der Waals surface area contributed by atoms with Gasteiger partial charge in [-0.15, -0.1) is 0 Å². The fourth-order valence-corrected chi connectivity index (χ4v) is 2.61. The predicted molar refractivity (Wildman–Crippen MR) is 93.1 cm³/mol. The summed E-state index contributed by atoms with van der Waals surface area (Å²) in [4.78, 5) is 0. The van der Waals surface area contributed by atoms with Crippen molar-refractivity contribution in [3.8, 4) is 5.75 Å². The molecule has 0 radical (unpaired) electrons. The van der Waals surface area contributed by atoms with E-state index in [1.807, 2.05) is 24.3 Å². The minimum atomic E-state index is -0.0131. The number of ether oxygens (including phenoxy) is 2. The van der Waals surface area contributed by atoms with Crippen LogP contribution in [0.15, 0.2) is 36.4 Å². The third-order valence-corrected chi connectivity index (χ3v) is 4.02. The van der Waals surface area contributed by atoms with Gasteiger partial charge in [0.1, 0.15) is 5.75 Å². The van der Waals surface area contributed by atoms with Crippen molar-refractivity contribution in [3.05, 3.63) is 58.1 Å². The zero-order chi connectivity index (χ0) is 16.8. The number of nitrogens with one attached hydrogen (secondary N) is 1. The number of anilines is 1. The van der Waals surface area contributed by atoms with Gasteiger partial charge in [-0.1, -0.05) is 23.7 Å². The van der Waals surface area contributed by atoms with Crippen molar-refractivity contribution in [2.45, 2.75) is 26.2 Å². The Labute approximate surface area is 142 Å². The molecule has 2 rings (SSSR count). The van der Waals surface area contributed by atoms with E-state index in [0.29, 0.717) is 11.6 Å². The zero-order valence-corrected chi connectivity index (χ0v) is 14.4. The second-order valence-corrected chi connectivity index (χ2v) is 5.75. The summed E-state index contributed by atoms with van der Waals surface area (Å²) in [6.07, 6.45) is 0. The maximum Gasteiger partial charge on any atom is 0.124 e. The molecule has 4 nitrogen and oxygen atoms in total. The number of methoxy groups -OCH3 is 2. The van der Waals surface area contributed by atoms with Crippen molar-refractivity contribution in [1.82, 2.24) is 0 Å². The molecule has 124 valence electrons. The highest BCUT2D eigenvalue weighted by atomic mass is 35.5. The predicted octanol–water partition coefficient (Wildman–Crippen LogP) is 4.16. The lowest BCUT2D eigenvalue weighted by atomic mass is 10.0. The fraction of sp³-hybridized carbons (Fsp3) is 0.333. The molecule has 23 heavy (non-hydrogen) atoms. The van der Waals surface area contributed by atoms with Crippen LogP contribution in [0.25, 0.3) is 0 Å². The Hall–Kier alpha value is -1.75. The third kappa shape index (κ3) is 4.38. The van der Waals surface area contributed by atoms with E-state index in [-0.39, 0.29) is 12.6 Å². The second kappa shape index (κ2) is 8.20. The number of aliphatic hydroxyl groups is 1. The number of hydrogen-bond acceptors (Lipinski definition) is 4. The molecule has 0 aliphatic rings. The highest BCUT2D eigenvalue weighted by Gasteiger charge is 2.11. The Morgan fingerprint density at radius 3 is 2.61 bits per heavy atom. The van der Waals surface area contributed by atoms with Gasteiger partial charge >= 0.3 is 0 Å². The third-order valence-electron chi connectivity index (χ3n) is 3.69. The van der Waals surface area contributed by atoms with E-state index in [1.54, 1.807) is 20.3 Å². The summed E-state index contributed by atoms with van der Waals surface area (Å²) in [6.45, 7) is 2.53. The number of benzene rings is 2. The van der Waals surface area contributed by atoms with Crippen LogP contribution in [0.4, 0.5) is 5.69 Å². The van der Waals surface area contributed by atoms with Gasteiger partial charge in [-0.3, -0.25) is 0 Å². The first kappa shape index (κ1) is 17.6. The Bertz CT molecular complexity index is 661. The molecule has 2 aromatic rings. The van der Waals surface area contributed by atoms with Gasteiger partial charge in [-0.2, -0.15) is 0 Å². The van der Waals surface area contributed by atoms with Crippen LogP contribution in [0.1, 0.15) is 29.7 Å². The quantitative estimate of drug-likeness (QED) is 0.797. The Kier molecular flexibility index (Phi) is 6.28. The van der Waals surface area contributed by atoms with Crippen molar-refractivity contribution in [3.63, 3.8) is 0 Å². The van der Waals surface area contributed by atoms with E-state index in [1.165, 1.54) is 0 Å². The molecule has 0 aliphatic heterocycles. The molecule has 0 aromatic heterocycles. The first-order valence-corrected chi connectivity index (χ1v) is 7.78. The average Bonchev–Trinajstić information content (AvgIpc) is 2.57. The zero-order valence-electron chi connectivity index (χ0n) is 13.6. The molecule has 0 bridgehead atoms. The molecule has 5 heteroatoms. The lowest BCUT2D eigenvalue weighted by Crippen LogP contribution is -2.08. The van der Waals surface area contributed by atoms with Crippen LogP contribution in [-0.4, -0.2) is 19.3 Å². The summed E-state index contributed by atoms with van der Waals surface area (Å²) in [5.74, 6) is 0.808. The van der Waals surface area contributed by atoms with Crippen LogP contribution in [0.3, 0.4) is 0 Å². The number of rotatable bonds is 7. The van der Waals surface area contributed by atoms with Crippen molar-refractivity contribution >= 4 is 17.3 Å². The van der Waals surface area contributed by atoms with Crippen LogP contribution in [0.5, 0.6) is 5.75 Å². The summed E-state index contributed by atoms with van der Waals surface area (Å²) in [7, 11) is 3.31. The normalized spacial score (nSPS) is 12.0. The number of hydrogen-bond donors (Lipinski definition) is 2. The minimum Gasteiger partial charge on any atom is -0.496 e. The standard InChI is InChI=1S/C18H22ClNO3/c1-12(20-17-8-13(10-21)4-6-16(17)19)14-5-7-18(23-3)15(9-14)11-22-2/h4-9,12,20-21H,10-11H2,1-3H3. The molecule has 0 saturated carbocycles. The summed E-state index contributed by atoms with van der Waals surface area (Å²) < 4.78 is 10.6. The lowest BCUT2D eigenvalue weighted by Gasteiger charge is -2.19. The van der Waals surface area contributed by atoms with Gasteiger partial charge in [0.05, 0.1) is 31.0 Å². The van der Waals surface area contributed by atoms with Crippen LogP contribution in [0.2, 0.25) is 5.02 Å². The van der Waals surface area contributed by atoms with E-state index < -0.39 is 0 Å². The summed E-state index contributed by atoms with van der Waals surface area (Å²) >= 11 is 6.23. The van der Waals surface area contributed by atoms with E-state index in [0.717, 1.165) is 28.1 Å². The van der Waals surface area contributed by atoms with Gasteiger partial charge in [-0.25, -0.2) is 0 Å². The van der Waals surface area contributed by atoms with Crippen LogP contribution < -0.4 is 10.1 Å². The molecule has 1 unspecified atom stereocenters. The molecule has 0 heterocycles. The smallest absolute Gasteiger partial charge is 0.124 e. The van der Waals surface area contributed by atoms with Gasteiger partial charge in [0.25, 0.3) is 0 Å². The topological polar surface area (TPSA) is 50.7 Å². The van der Waals surface area contributed by atoms with E-state index in [2.05, 4.69) is 18.3 Å². The largest absolute Gasteiger partial charge is 0.496 e. The van der Waals surface area contributed by atoms with E-state index in [9.17, 15) is 5.11 Å². The molecule has 0 spiro atoms. The summed E-state index contributed by atoms with van der Waals surface area (Å²) in [6, 6.07) is 11.5. The molecule has 0 saturated heterocycles. The monoisotopic (exact) mass is 335 g/mol. The molecule has 0 amide bonds. The van der Waals surface area contributed by atoms with Crippen molar-refractivity contribution < 1.29 is 14.6 Å². The van der Waals surface area contributed by atoms with Crippen molar-refractivity contribution in [2.24, 2.45) is 0 Å². The highest BCUT2D eigenvalue weighted by Crippen LogP contribution is 2.29. The van der Waals surface area contributed by atoms with Gasteiger partial charge in [-0.05, 0) is 42.3 Å². The molecular weight excluding hydrogens is 314 g/mol. The first-order chi connectivity index (χ1) is 11.1. The van der Waals surface area contributed by atoms with Gasteiger partial charge in [0.2, 0.25) is 0 Å². The Balaban J connectivity index is 2.23. The lowest BCUT2D eigenvalue weighted by molar-refractivity contribution is 0.181. The molecular formula is C18H22ClNO3. The van der Waals surface area contributed by atoms with E-state index in [4.69, 9.17) is 21.1 Å². The SMILES string of the molecule is COCc1cc(C(C)Nc2cc(CO)ccc2Cl)ccc1OC. The Morgan fingerprint density at radius 1 is 1.17 bits per heavy atom. The molecule has 0 aliphatic carbocycles. The number of aliphatic hydroxyl groups excluding tert-OH is 1. The summed E-state index contributed by atoms with van der Waals surface area (Å²) in [5, 5.41) is 13.3. The molecule has 2 N–H and O–H groups in total. The van der Waals surface area contributed by atoms with Crippen LogP contribution in [-0.2, 0) is 18.0 Å². The first-order valence-electron chi connectivity index (χ1n) is 7.40. The fourth-order valence-electron chi connectivity index (χ4n) is 2.43. The van der Waals surface area contributed by atoms with Gasteiger partial charge in [0.15, 0.2) is 0 Å². The minimum absolute atomic E-state index is 0.0131. The van der Waals surface area contributed by atoms with Crippen molar-refractivity contribution in [1.29, 1.82) is 0 Å². The molecule has 2 aromatic carbocycles. The van der Waals surface area contributed by atoms with Gasteiger partial charge in [0, 0.05) is 18.7 Å². The highest BCUT2D eigenvalue weighted by molar-refractivity contribution is 6.33.